The van der Waals surface area contributed by atoms with E-state index in [1.165, 1.54) is 36.4 Å². The van der Waals surface area contributed by atoms with Crippen LogP contribution in [-0.4, -0.2) is 28.0 Å². The van der Waals surface area contributed by atoms with E-state index in [4.69, 9.17) is 4.74 Å². The molecule has 0 atom stereocenters. The van der Waals surface area contributed by atoms with Gasteiger partial charge in [0.25, 0.3) is 11.6 Å². The van der Waals surface area contributed by atoms with Gasteiger partial charge in [-0.1, -0.05) is 6.07 Å². The molecule has 0 saturated heterocycles. The number of ether oxygens (including phenoxy) is 1. The second-order valence-corrected chi connectivity index (χ2v) is 6.53. The molecule has 1 N–H and O–H groups in total. The van der Waals surface area contributed by atoms with E-state index in [1.807, 2.05) is 0 Å². The van der Waals surface area contributed by atoms with Crippen LogP contribution in [0.3, 0.4) is 0 Å². The van der Waals surface area contributed by atoms with Gasteiger partial charge in [0.05, 0.1) is 10.5 Å². The van der Waals surface area contributed by atoms with Gasteiger partial charge in [0.2, 0.25) is 0 Å². The van der Waals surface area contributed by atoms with Crippen molar-refractivity contribution in [3.8, 4) is 5.69 Å². The van der Waals surface area contributed by atoms with E-state index >= 15 is 0 Å². The largest absolute Gasteiger partial charge is 0.452 e. The second-order valence-electron chi connectivity index (χ2n) is 6.53. The number of nitrogens with one attached hydrogen (secondary N) is 1. The summed E-state index contributed by atoms with van der Waals surface area (Å²) in [6, 6.07) is 12.9. The number of anilines is 1. The van der Waals surface area contributed by atoms with Gasteiger partial charge in [0.15, 0.2) is 6.61 Å². The molecule has 8 nitrogen and oxygen atoms in total. The smallest absolute Gasteiger partial charge is 0.340 e. The Morgan fingerprint density at radius 1 is 1.13 bits per heavy atom. The van der Waals surface area contributed by atoms with Crippen LogP contribution >= 0.6 is 0 Å². The topological polar surface area (TPSA) is 103 Å². The fraction of sp³-hybridized carbons (Fsp3) is 0.143. The van der Waals surface area contributed by atoms with Crippen LogP contribution in [0.25, 0.3) is 5.69 Å². The number of carbonyl (C=O) groups excluding carboxylic acids is 2. The Morgan fingerprint density at radius 3 is 2.50 bits per heavy atom. The summed E-state index contributed by atoms with van der Waals surface area (Å²) >= 11 is 0. The number of benzene rings is 2. The molecule has 0 aliphatic heterocycles. The number of nitrogens with zero attached hydrogens (tertiary/aromatic N) is 2. The summed E-state index contributed by atoms with van der Waals surface area (Å²) in [5, 5.41) is 13.2. The van der Waals surface area contributed by atoms with Crippen molar-refractivity contribution in [3.05, 3.63) is 87.5 Å². The van der Waals surface area contributed by atoms with Crippen molar-refractivity contribution >= 4 is 23.3 Å². The summed E-state index contributed by atoms with van der Waals surface area (Å²) in [5.74, 6) is -1.68. The Labute approximate surface area is 171 Å². The van der Waals surface area contributed by atoms with Gasteiger partial charge in [0.1, 0.15) is 5.82 Å². The van der Waals surface area contributed by atoms with Crippen LogP contribution in [0.1, 0.15) is 21.7 Å². The lowest BCUT2D eigenvalue weighted by Gasteiger charge is -2.10. The highest BCUT2D eigenvalue weighted by Gasteiger charge is 2.19. The molecule has 0 fully saturated rings. The summed E-state index contributed by atoms with van der Waals surface area (Å²) in [5.41, 5.74) is 2.35. The average Bonchev–Trinajstić information content (AvgIpc) is 3.01. The lowest BCUT2D eigenvalue weighted by molar-refractivity contribution is -0.384. The van der Waals surface area contributed by atoms with Crippen molar-refractivity contribution in [1.29, 1.82) is 0 Å². The van der Waals surface area contributed by atoms with Gasteiger partial charge in [-0.25, -0.2) is 9.18 Å². The van der Waals surface area contributed by atoms with Crippen molar-refractivity contribution in [1.82, 2.24) is 4.57 Å². The summed E-state index contributed by atoms with van der Waals surface area (Å²) in [6.45, 7) is 2.96. The number of amides is 1. The molecular formula is C21H18FN3O5. The molecule has 0 saturated carbocycles. The van der Waals surface area contributed by atoms with E-state index in [9.17, 15) is 24.1 Å². The van der Waals surface area contributed by atoms with Gasteiger partial charge < -0.3 is 14.6 Å². The number of nitro groups is 1. The molecule has 1 heterocycles. The van der Waals surface area contributed by atoms with Gasteiger partial charge in [-0.15, -0.1) is 0 Å². The number of nitro benzene ring substituents is 1. The number of carbonyl (C=O) groups is 2. The van der Waals surface area contributed by atoms with Crippen LogP contribution in [0.4, 0.5) is 15.8 Å². The normalized spacial score (nSPS) is 10.5. The maximum atomic E-state index is 13.2. The Morgan fingerprint density at radius 2 is 1.83 bits per heavy atom. The summed E-state index contributed by atoms with van der Waals surface area (Å²) < 4.78 is 20.0. The number of hydrogen-bond donors (Lipinski definition) is 1. The predicted octanol–water partition coefficient (Wildman–Crippen LogP) is 3.94. The third-order valence-corrected chi connectivity index (χ3v) is 4.41. The van der Waals surface area contributed by atoms with Crippen LogP contribution in [0.2, 0.25) is 0 Å². The van der Waals surface area contributed by atoms with Crippen molar-refractivity contribution < 1.29 is 23.6 Å². The van der Waals surface area contributed by atoms with E-state index in [0.717, 1.165) is 5.69 Å². The van der Waals surface area contributed by atoms with Crippen LogP contribution in [-0.2, 0) is 9.53 Å². The number of halogens is 1. The molecule has 0 aliphatic rings. The molecule has 0 aliphatic carbocycles. The molecule has 3 aromatic rings. The zero-order chi connectivity index (χ0) is 21.8. The molecule has 3 rings (SSSR count). The first-order valence-electron chi connectivity index (χ1n) is 8.92. The van der Waals surface area contributed by atoms with Crippen molar-refractivity contribution in [2.24, 2.45) is 0 Å². The van der Waals surface area contributed by atoms with E-state index in [-0.39, 0.29) is 22.8 Å². The first kappa shape index (κ1) is 20.7. The minimum absolute atomic E-state index is 0.168. The minimum atomic E-state index is -0.689. The highest BCUT2D eigenvalue weighted by molar-refractivity contribution is 5.96. The fourth-order valence-electron chi connectivity index (χ4n) is 3.06. The maximum Gasteiger partial charge on any atom is 0.340 e. The van der Waals surface area contributed by atoms with Crippen LogP contribution in [0.5, 0.6) is 0 Å². The van der Waals surface area contributed by atoms with Crippen LogP contribution in [0, 0.1) is 29.8 Å². The van der Waals surface area contributed by atoms with E-state index in [1.54, 1.807) is 36.6 Å². The lowest BCUT2D eigenvalue weighted by Crippen LogP contribution is -2.21. The SMILES string of the molecule is Cc1cc(C(=O)OCC(=O)Nc2cccc([N+](=O)[O-])c2)c(C)n1-c1ccc(F)cc1. The summed E-state index contributed by atoms with van der Waals surface area (Å²) in [6.07, 6.45) is 0. The molecule has 1 aromatic heterocycles. The zero-order valence-electron chi connectivity index (χ0n) is 16.2. The standard InChI is InChI=1S/C21H18FN3O5/c1-13-10-19(14(2)24(13)17-8-6-15(22)7-9-17)21(27)30-12-20(26)23-16-4-3-5-18(11-16)25(28)29/h3-11H,12H2,1-2H3,(H,23,26). The zero-order valence-corrected chi connectivity index (χ0v) is 16.2. The van der Waals surface area contributed by atoms with Gasteiger partial charge >= 0.3 is 5.97 Å². The molecule has 9 heteroatoms. The molecule has 0 unspecified atom stereocenters. The molecular weight excluding hydrogens is 393 g/mol. The highest BCUT2D eigenvalue weighted by Crippen LogP contribution is 2.22. The van der Waals surface area contributed by atoms with Gasteiger partial charge in [-0.05, 0) is 50.2 Å². The molecule has 154 valence electrons. The van der Waals surface area contributed by atoms with E-state index in [2.05, 4.69) is 5.32 Å². The summed E-state index contributed by atoms with van der Waals surface area (Å²) in [4.78, 5) is 34.7. The number of non-ortho nitro benzene ring substituents is 1. The lowest BCUT2D eigenvalue weighted by atomic mass is 10.2. The Kier molecular flexibility index (Phi) is 5.91. The Bertz CT molecular complexity index is 1120. The number of rotatable bonds is 6. The van der Waals surface area contributed by atoms with Crippen molar-refractivity contribution in [2.45, 2.75) is 13.8 Å². The van der Waals surface area contributed by atoms with E-state index in [0.29, 0.717) is 11.4 Å². The fourth-order valence-corrected chi connectivity index (χ4v) is 3.06. The first-order chi connectivity index (χ1) is 14.3. The summed E-state index contributed by atoms with van der Waals surface area (Å²) in [7, 11) is 0. The number of hydrogen-bond acceptors (Lipinski definition) is 5. The van der Waals surface area contributed by atoms with Crippen molar-refractivity contribution in [2.75, 3.05) is 11.9 Å². The quantitative estimate of drug-likeness (QED) is 0.376. The van der Waals surface area contributed by atoms with Gasteiger partial charge in [0, 0.05) is 34.9 Å². The monoisotopic (exact) mass is 411 g/mol. The number of esters is 1. The average molecular weight is 411 g/mol. The third kappa shape index (κ3) is 4.52. The maximum absolute atomic E-state index is 13.2. The highest BCUT2D eigenvalue weighted by atomic mass is 19.1. The Balaban J connectivity index is 1.67. The molecule has 2 aromatic carbocycles. The molecule has 0 bridgehead atoms. The molecule has 0 radical (unpaired) electrons. The number of aryl methyl sites for hydroxylation is 1. The second kappa shape index (κ2) is 8.56. The number of aromatic nitrogens is 1. The first-order valence-corrected chi connectivity index (χ1v) is 8.92. The van der Waals surface area contributed by atoms with Gasteiger partial charge in [-0.2, -0.15) is 0 Å². The van der Waals surface area contributed by atoms with Crippen LogP contribution in [0.15, 0.2) is 54.6 Å². The molecule has 30 heavy (non-hydrogen) atoms. The van der Waals surface area contributed by atoms with Gasteiger partial charge in [-0.3, -0.25) is 14.9 Å². The molecule has 1 amide bonds. The Hall–Kier alpha value is -4.01. The van der Waals surface area contributed by atoms with E-state index < -0.39 is 23.4 Å². The predicted molar refractivity (Wildman–Crippen MR) is 107 cm³/mol. The molecule has 0 spiro atoms. The minimum Gasteiger partial charge on any atom is -0.452 e. The van der Waals surface area contributed by atoms with Crippen molar-refractivity contribution in [3.63, 3.8) is 0 Å². The van der Waals surface area contributed by atoms with Crippen LogP contribution < -0.4 is 5.32 Å². The third-order valence-electron chi connectivity index (χ3n) is 4.41.